The monoisotopic (exact) mass is 348 g/mol. The first-order valence-corrected chi connectivity index (χ1v) is 8.29. The molecule has 0 saturated carbocycles. The van der Waals surface area contributed by atoms with Crippen LogP contribution in [0.5, 0.6) is 0 Å². The lowest BCUT2D eigenvalue weighted by Crippen LogP contribution is -2.40. The van der Waals surface area contributed by atoms with Gasteiger partial charge in [0.15, 0.2) is 0 Å². The van der Waals surface area contributed by atoms with Crippen LogP contribution in [0.15, 0.2) is 24.3 Å². The van der Waals surface area contributed by atoms with E-state index in [-0.39, 0.29) is 25.0 Å². The van der Waals surface area contributed by atoms with E-state index < -0.39 is 11.9 Å². The highest BCUT2D eigenvalue weighted by atomic mass is 16.3. The third kappa shape index (κ3) is 5.46. The number of carbonyl (C=O) groups excluding carboxylic acids is 3. The van der Waals surface area contributed by atoms with Gasteiger partial charge in [0, 0.05) is 38.0 Å². The van der Waals surface area contributed by atoms with Crippen molar-refractivity contribution in [2.75, 3.05) is 38.6 Å². The lowest BCUT2D eigenvalue weighted by Gasteiger charge is -2.31. The summed E-state index contributed by atoms with van der Waals surface area (Å²) in [5.41, 5.74) is 1.17. The fourth-order valence-electron chi connectivity index (χ4n) is 2.68. The van der Waals surface area contributed by atoms with Gasteiger partial charge in [0.25, 0.3) is 5.91 Å². The lowest BCUT2D eigenvalue weighted by molar-refractivity contribution is -0.118. The van der Waals surface area contributed by atoms with Gasteiger partial charge < -0.3 is 20.6 Å². The second kappa shape index (κ2) is 9.03. The van der Waals surface area contributed by atoms with Gasteiger partial charge in [-0.25, -0.2) is 4.79 Å². The van der Waals surface area contributed by atoms with Gasteiger partial charge in [-0.2, -0.15) is 0 Å². The summed E-state index contributed by atoms with van der Waals surface area (Å²) in [4.78, 5) is 37.0. The zero-order valence-corrected chi connectivity index (χ0v) is 14.2. The maximum Gasteiger partial charge on any atom is 0.321 e. The Morgan fingerprint density at radius 2 is 1.96 bits per heavy atom. The van der Waals surface area contributed by atoms with Crippen LogP contribution < -0.4 is 16.0 Å². The molecule has 2 rings (SSSR count). The Hall–Kier alpha value is -2.61. The summed E-state index contributed by atoms with van der Waals surface area (Å²) in [5.74, 6) is -0.257. The zero-order valence-electron chi connectivity index (χ0n) is 14.2. The van der Waals surface area contributed by atoms with Gasteiger partial charge in [0.05, 0.1) is 6.54 Å². The van der Waals surface area contributed by atoms with E-state index >= 15 is 0 Å². The molecule has 1 aliphatic heterocycles. The Balaban J connectivity index is 1.91. The molecule has 1 aliphatic rings. The number of aliphatic hydroxyl groups excluding tert-OH is 1. The van der Waals surface area contributed by atoms with Crippen molar-refractivity contribution >= 4 is 23.5 Å². The second-order valence-corrected chi connectivity index (χ2v) is 5.98. The normalized spacial score (nSPS) is 14.7. The van der Waals surface area contributed by atoms with E-state index in [1.807, 2.05) is 0 Å². The number of benzene rings is 1. The van der Waals surface area contributed by atoms with Gasteiger partial charge in [-0.3, -0.25) is 14.9 Å². The Bertz CT molecular complexity index is 627. The molecule has 0 aliphatic carbocycles. The molecule has 136 valence electrons. The number of carbonyl (C=O) groups is 3. The Morgan fingerprint density at radius 3 is 2.60 bits per heavy atom. The molecule has 1 heterocycles. The Labute approximate surface area is 146 Å². The third-order valence-corrected chi connectivity index (χ3v) is 4.20. The van der Waals surface area contributed by atoms with E-state index in [1.165, 1.54) is 7.05 Å². The molecule has 4 amide bonds. The van der Waals surface area contributed by atoms with Crippen LogP contribution in [0.25, 0.3) is 0 Å². The highest BCUT2D eigenvalue weighted by Crippen LogP contribution is 2.19. The van der Waals surface area contributed by atoms with E-state index in [0.29, 0.717) is 24.3 Å². The van der Waals surface area contributed by atoms with Crippen molar-refractivity contribution in [2.45, 2.75) is 12.8 Å². The predicted molar refractivity (Wildman–Crippen MR) is 93.2 cm³/mol. The number of urea groups is 1. The molecule has 1 aromatic rings. The first kappa shape index (κ1) is 18.7. The van der Waals surface area contributed by atoms with Crippen LogP contribution in [0.2, 0.25) is 0 Å². The van der Waals surface area contributed by atoms with Crippen molar-refractivity contribution in [2.24, 2.45) is 5.92 Å². The fraction of sp³-hybridized carbons (Fsp3) is 0.471. The number of imide groups is 1. The van der Waals surface area contributed by atoms with Gasteiger partial charge in [-0.1, -0.05) is 6.07 Å². The maximum atomic E-state index is 12.6. The number of hydrogen-bond donors (Lipinski definition) is 4. The number of amides is 4. The van der Waals surface area contributed by atoms with Gasteiger partial charge in [0.1, 0.15) is 0 Å². The van der Waals surface area contributed by atoms with Crippen LogP contribution in [0.4, 0.5) is 10.5 Å². The Morgan fingerprint density at radius 1 is 1.24 bits per heavy atom. The second-order valence-electron chi connectivity index (χ2n) is 5.98. The molecule has 8 heteroatoms. The molecule has 8 nitrogen and oxygen atoms in total. The molecule has 0 spiro atoms. The van der Waals surface area contributed by atoms with Crippen molar-refractivity contribution in [1.29, 1.82) is 0 Å². The van der Waals surface area contributed by atoms with Gasteiger partial charge in [0.2, 0.25) is 5.91 Å². The molecule has 1 fully saturated rings. The fourth-order valence-corrected chi connectivity index (χ4v) is 2.68. The van der Waals surface area contributed by atoms with E-state index in [2.05, 4.69) is 16.0 Å². The smallest absolute Gasteiger partial charge is 0.321 e. The quantitative estimate of drug-likeness (QED) is 0.616. The molecule has 0 radical (unpaired) electrons. The maximum absolute atomic E-state index is 12.6. The topological polar surface area (TPSA) is 111 Å². The molecule has 0 unspecified atom stereocenters. The van der Waals surface area contributed by atoms with E-state index in [1.54, 1.807) is 29.2 Å². The molecule has 0 atom stereocenters. The summed E-state index contributed by atoms with van der Waals surface area (Å²) < 4.78 is 0. The van der Waals surface area contributed by atoms with Crippen LogP contribution in [-0.2, 0) is 4.79 Å². The summed E-state index contributed by atoms with van der Waals surface area (Å²) in [6.07, 6.45) is 1.61. The highest BCUT2D eigenvalue weighted by molar-refractivity contribution is 5.97. The number of nitrogens with zero attached hydrogens (tertiary/aromatic N) is 1. The minimum Gasteiger partial charge on any atom is -0.396 e. The molecule has 4 N–H and O–H groups in total. The highest BCUT2D eigenvalue weighted by Gasteiger charge is 2.23. The molecular formula is C17H24N4O4. The summed E-state index contributed by atoms with van der Waals surface area (Å²) in [7, 11) is 1.43. The standard InChI is InChI=1S/C17H24N4O4/c1-18-17(25)20-15(23)10-19-14-4-2-3-13(9-14)16(24)21-7-5-12(11-22)6-8-21/h2-4,9,12,19,22H,5-8,10-11H2,1H3,(H2,18,20,23,25). The molecule has 0 aromatic heterocycles. The van der Waals surface area contributed by atoms with Crippen LogP contribution in [0, 0.1) is 5.92 Å². The van der Waals surface area contributed by atoms with E-state index in [0.717, 1.165) is 12.8 Å². The minimum atomic E-state index is -0.568. The van der Waals surface area contributed by atoms with Crippen molar-refractivity contribution < 1.29 is 19.5 Å². The average molecular weight is 348 g/mol. The van der Waals surface area contributed by atoms with E-state index in [9.17, 15) is 19.5 Å². The van der Waals surface area contributed by atoms with Crippen molar-refractivity contribution in [3.8, 4) is 0 Å². The number of nitrogens with one attached hydrogen (secondary N) is 3. The van der Waals surface area contributed by atoms with E-state index in [4.69, 9.17) is 0 Å². The summed E-state index contributed by atoms with van der Waals surface area (Å²) >= 11 is 0. The van der Waals surface area contributed by atoms with Crippen molar-refractivity contribution in [1.82, 2.24) is 15.5 Å². The number of rotatable bonds is 5. The number of hydrogen-bond acceptors (Lipinski definition) is 5. The van der Waals surface area contributed by atoms with Crippen LogP contribution in [-0.4, -0.2) is 61.1 Å². The van der Waals surface area contributed by atoms with Gasteiger partial charge in [-0.05, 0) is 37.0 Å². The lowest BCUT2D eigenvalue weighted by atomic mass is 9.97. The largest absolute Gasteiger partial charge is 0.396 e. The Kier molecular flexibility index (Phi) is 6.76. The van der Waals surface area contributed by atoms with Crippen LogP contribution in [0.1, 0.15) is 23.2 Å². The first-order valence-electron chi connectivity index (χ1n) is 8.29. The van der Waals surface area contributed by atoms with Gasteiger partial charge >= 0.3 is 6.03 Å². The molecular weight excluding hydrogens is 324 g/mol. The number of aliphatic hydroxyl groups is 1. The molecule has 25 heavy (non-hydrogen) atoms. The minimum absolute atomic E-state index is 0.0603. The van der Waals surface area contributed by atoms with Crippen molar-refractivity contribution in [3.63, 3.8) is 0 Å². The molecule has 0 bridgehead atoms. The predicted octanol–water partition coefficient (Wildman–Crippen LogP) is 0.399. The molecule has 1 aromatic carbocycles. The molecule has 1 saturated heterocycles. The van der Waals surface area contributed by atoms with Crippen molar-refractivity contribution in [3.05, 3.63) is 29.8 Å². The zero-order chi connectivity index (χ0) is 18.2. The van der Waals surface area contributed by atoms with Crippen LogP contribution in [0.3, 0.4) is 0 Å². The number of likely N-dealkylation sites (tertiary alicyclic amines) is 1. The summed E-state index contributed by atoms with van der Waals surface area (Å²) in [6.45, 7) is 1.36. The average Bonchev–Trinajstić information content (AvgIpc) is 2.66. The van der Waals surface area contributed by atoms with Crippen LogP contribution >= 0.6 is 0 Å². The first-order chi connectivity index (χ1) is 12.0. The summed E-state index contributed by atoms with van der Waals surface area (Å²) in [6, 6.07) is 6.35. The van der Waals surface area contributed by atoms with Gasteiger partial charge in [-0.15, -0.1) is 0 Å². The summed E-state index contributed by atoms with van der Waals surface area (Å²) in [5, 5.41) is 16.5. The third-order valence-electron chi connectivity index (χ3n) is 4.20. The number of anilines is 1. The number of piperidine rings is 1. The SMILES string of the molecule is CNC(=O)NC(=O)CNc1cccc(C(=O)N2CCC(CO)CC2)c1.